The Morgan fingerprint density at radius 3 is 2.59 bits per heavy atom. The molecule has 17 heavy (non-hydrogen) atoms. The maximum atomic E-state index is 3.72. The fraction of sp³-hybridized carbons (Fsp3) is 0.600. The van der Waals surface area contributed by atoms with Crippen molar-refractivity contribution in [2.24, 2.45) is 5.92 Å². The number of nitrogens with zero attached hydrogens (tertiary/aromatic N) is 1. The number of hydrogen-bond donors (Lipinski definition) is 1. The molecule has 1 N–H and O–H groups in total. The van der Waals surface area contributed by atoms with Crippen LogP contribution < -0.4 is 5.32 Å². The van der Waals surface area contributed by atoms with Crippen LogP contribution in [0.2, 0.25) is 0 Å². The van der Waals surface area contributed by atoms with Gasteiger partial charge < -0.3 is 10.2 Å². The molecular weight excluding hydrogens is 208 g/mol. The normalized spacial score (nSPS) is 17.4. The van der Waals surface area contributed by atoms with Gasteiger partial charge in [0.05, 0.1) is 0 Å². The van der Waals surface area contributed by atoms with Gasteiger partial charge in [-0.1, -0.05) is 37.3 Å². The second-order valence-electron chi connectivity index (χ2n) is 5.08. The molecule has 0 bridgehead atoms. The van der Waals surface area contributed by atoms with E-state index < -0.39 is 0 Å². The molecule has 1 aliphatic carbocycles. The third-order valence-electron chi connectivity index (χ3n) is 3.65. The van der Waals surface area contributed by atoms with Crippen molar-refractivity contribution in [3.8, 4) is 0 Å². The molecule has 0 saturated heterocycles. The Morgan fingerprint density at radius 2 is 2.00 bits per heavy atom. The molecule has 1 aromatic rings. The van der Waals surface area contributed by atoms with E-state index in [-0.39, 0.29) is 0 Å². The first-order valence-corrected chi connectivity index (χ1v) is 6.78. The molecule has 1 aromatic carbocycles. The van der Waals surface area contributed by atoms with Gasteiger partial charge >= 0.3 is 0 Å². The van der Waals surface area contributed by atoms with Crippen LogP contribution in [0.15, 0.2) is 30.3 Å². The largest absolute Gasteiger partial charge is 0.308 e. The first-order chi connectivity index (χ1) is 8.31. The Labute approximate surface area is 105 Å². The number of nitrogens with one attached hydrogen (secondary N) is 1. The molecule has 2 nitrogen and oxygen atoms in total. The molecule has 1 saturated carbocycles. The highest BCUT2D eigenvalue weighted by Gasteiger charge is 2.31. The van der Waals surface area contributed by atoms with Crippen LogP contribution in [0.25, 0.3) is 0 Å². The van der Waals surface area contributed by atoms with Crippen molar-refractivity contribution in [1.29, 1.82) is 0 Å². The van der Waals surface area contributed by atoms with Crippen LogP contribution in [0.1, 0.15) is 31.4 Å². The third kappa shape index (κ3) is 3.83. The van der Waals surface area contributed by atoms with E-state index in [4.69, 9.17) is 0 Å². The van der Waals surface area contributed by atoms with Crippen LogP contribution in [-0.2, 0) is 0 Å². The Hall–Kier alpha value is -0.860. The summed E-state index contributed by atoms with van der Waals surface area (Å²) in [6.07, 6.45) is 2.77. The van der Waals surface area contributed by atoms with E-state index in [1.165, 1.54) is 18.4 Å². The SMILES string of the molecule is CCN(C)CCNC(c1ccccc1)C1CC1. The van der Waals surface area contributed by atoms with E-state index in [9.17, 15) is 0 Å². The van der Waals surface area contributed by atoms with Gasteiger partial charge in [-0.15, -0.1) is 0 Å². The van der Waals surface area contributed by atoms with Crippen molar-refractivity contribution in [2.75, 3.05) is 26.7 Å². The van der Waals surface area contributed by atoms with Gasteiger partial charge in [0.25, 0.3) is 0 Å². The average Bonchev–Trinajstić information content (AvgIpc) is 3.19. The maximum absolute atomic E-state index is 3.72. The van der Waals surface area contributed by atoms with Gasteiger partial charge in [-0.25, -0.2) is 0 Å². The fourth-order valence-corrected chi connectivity index (χ4v) is 2.22. The minimum atomic E-state index is 0.571. The quantitative estimate of drug-likeness (QED) is 0.777. The van der Waals surface area contributed by atoms with Crippen molar-refractivity contribution < 1.29 is 0 Å². The third-order valence-corrected chi connectivity index (χ3v) is 3.65. The predicted octanol–water partition coefficient (Wildman–Crippen LogP) is 2.68. The summed E-state index contributed by atoms with van der Waals surface area (Å²) in [6.45, 7) is 5.55. The first-order valence-electron chi connectivity index (χ1n) is 6.78. The molecule has 0 heterocycles. The van der Waals surface area contributed by atoms with Crippen molar-refractivity contribution in [3.05, 3.63) is 35.9 Å². The summed E-state index contributed by atoms with van der Waals surface area (Å²) in [7, 11) is 2.18. The zero-order valence-corrected chi connectivity index (χ0v) is 11.0. The van der Waals surface area contributed by atoms with E-state index in [1.54, 1.807) is 0 Å². The lowest BCUT2D eigenvalue weighted by Gasteiger charge is -2.21. The summed E-state index contributed by atoms with van der Waals surface area (Å²) in [6, 6.07) is 11.5. The molecule has 1 atom stereocenters. The van der Waals surface area contributed by atoms with Crippen molar-refractivity contribution in [1.82, 2.24) is 10.2 Å². The highest BCUT2D eigenvalue weighted by molar-refractivity contribution is 5.21. The molecule has 2 heteroatoms. The summed E-state index contributed by atoms with van der Waals surface area (Å²) in [4.78, 5) is 2.35. The zero-order chi connectivity index (χ0) is 12.1. The van der Waals surface area contributed by atoms with Crippen LogP contribution in [0, 0.1) is 5.92 Å². The monoisotopic (exact) mass is 232 g/mol. The summed E-state index contributed by atoms with van der Waals surface area (Å²) in [5.74, 6) is 0.865. The van der Waals surface area contributed by atoms with Crippen LogP contribution >= 0.6 is 0 Å². The summed E-state index contributed by atoms with van der Waals surface area (Å²) >= 11 is 0. The molecule has 1 unspecified atom stereocenters. The van der Waals surface area contributed by atoms with Crippen molar-refractivity contribution in [3.63, 3.8) is 0 Å². The van der Waals surface area contributed by atoms with Crippen LogP contribution in [-0.4, -0.2) is 31.6 Å². The molecule has 1 fully saturated rings. The number of hydrogen-bond acceptors (Lipinski definition) is 2. The van der Waals surface area contributed by atoms with Gasteiger partial charge in [-0.3, -0.25) is 0 Å². The average molecular weight is 232 g/mol. The molecule has 0 spiro atoms. The molecule has 2 rings (SSSR count). The lowest BCUT2D eigenvalue weighted by molar-refractivity contribution is 0.334. The second-order valence-corrected chi connectivity index (χ2v) is 5.08. The van der Waals surface area contributed by atoms with Gasteiger partial charge in [-0.2, -0.15) is 0 Å². The predicted molar refractivity (Wildman–Crippen MR) is 73.1 cm³/mol. The smallest absolute Gasteiger partial charge is 0.0349 e. The van der Waals surface area contributed by atoms with Gasteiger partial charge in [0, 0.05) is 19.1 Å². The molecular formula is C15H24N2. The van der Waals surface area contributed by atoms with E-state index in [0.29, 0.717) is 6.04 Å². The lowest BCUT2D eigenvalue weighted by Crippen LogP contribution is -2.32. The minimum absolute atomic E-state index is 0.571. The van der Waals surface area contributed by atoms with E-state index in [2.05, 4.69) is 54.5 Å². The molecule has 94 valence electrons. The fourth-order valence-electron chi connectivity index (χ4n) is 2.22. The van der Waals surface area contributed by atoms with E-state index in [1.807, 2.05) is 0 Å². The van der Waals surface area contributed by atoms with E-state index in [0.717, 1.165) is 25.6 Å². The molecule has 1 aliphatic rings. The van der Waals surface area contributed by atoms with Crippen molar-refractivity contribution >= 4 is 0 Å². The van der Waals surface area contributed by atoms with Gasteiger partial charge in [0.2, 0.25) is 0 Å². The number of likely N-dealkylation sites (N-methyl/N-ethyl adjacent to an activating group) is 1. The first kappa shape index (κ1) is 12.6. The molecule has 0 aliphatic heterocycles. The lowest BCUT2D eigenvalue weighted by atomic mass is 10.0. The zero-order valence-electron chi connectivity index (χ0n) is 11.0. The Bertz CT molecular complexity index is 319. The summed E-state index contributed by atoms with van der Waals surface area (Å²) < 4.78 is 0. The van der Waals surface area contributed by atoms with Gasteiger partial charge in [0.15, 0.2) is 0 Å². The highest BCUT2D eigenvalue weighted by atomic mass is 15.1. The van der Waals surface area contributed by atoms with Gasteiger partial charge in [-0.05, 0) is 37.9 Å². The van der Waals surface area contributed by atoms with Gasteiger partial charge in [0.1, 0.15) is 0 Å². The molecule has 0 aromatic heterocycles. The van der Waals surface area contributed by atoms with Crippen molar-refractivity contribution in [2.45, 2.75) is 25.8 Å². The standard InChI is InChI=1S/C15H24N2/c1-3-17(2)12-11-16-15(14-9-10-14)13-7-5-4-6-8-13/h4-8,14-16H,3,9-12H2,1-2H3. The van der Waals surface area contributed by atoms with E-state index >= 15 is 0 Å². The van der Waals surface area contributed by atoms with Crippen LogP contribution in [0.3, 0.4) is 0 Å². The Morgan fingerprint density at radius 1 is 1.29 bits per heavy atom. The molecule has 0 radical (unpaired) electrons. The number of benzene rings is 1. The highest BCUT2D eigenvalue weighted by Crippen LogP contribution is 2.40. The summed E-state index contributed by atoms with van der Waals surface area (Å²) in [5, 5.41) is 3.72. The topological polar surface area (TPSA) is 15.3 Å². The second kappa shape index (κ2) is 6.18. The number of rotatable bonds is 7. The van der Waals surface area contributed by atoms with Crippen LogP contribution in [0.4, 0.5) is 0 Å². The summed E-state index contributed by atoms with van der Waals surface area (Å²) in [5.41, 5.74) is 1.45. The Kier molecular flexibility index (Phi) is 4.57. The Balaban J connectivity index is 1.86. The molecule has 0 amide bonds. The maximum Gasteiger partial charge on any atom is 0.0349 e. The minimum Gasteiger partial charge on any atom is -0.308 e. The van der Waals surface area contributed by atoms with Crippen LogP contribution in [0.5, 0.6) is 0 Å².